The first-order chi connectivity index (χ1) is 36.2. The number of rotatable bonds is 65. The van der Waals surface area contributed by atoms with Gasteiger partial charge in [0.1, 0.15) is 0 Å². The van der Waals surface area contributed by atoms with Crippen LogP contribution in [0.5, 0.6) is 0 Å². The van der Waals surface area contributed by atoms with Crippen LogP contribution < -0.4 is 5.32 Å². The third-order valence-corrected chi connectivity index (χ3v) is 16.5. The number of hydrogen-bond donors (Lipinski definition) is 3. The Morgan fingerprint density at radius 2 is 0.507 bits per heavy atom. The monoisotopic (exact) mass is 1030 g/mol. The van der Waals surface area contributed by atoms with Gasteiger partial charge in [-0.3, -0.25) is 4.79 Å². The Balaban J connectivity index is 3.35. The van der Waals surface area contributed by atoms with Crippen molar-refractivity contribution in [2.45, 2.75) is 418 Å². The third-order valence-electron chi connectivity index (χ3n) is 16.5. The summed E-state index contributed by atoms with van der Waals surface area (Å²) in [6.45, 7) is 4.36. The smallest absolute Gasteiger partial charge is 0.220 e. The summed E-state index contributed by atoms with van der Waals surface area (Å²) in [4.78, 5) is 12.5. The molecule has 3 N–H and O–H groups in total. The Bertz CT molecular complexity index is 1030. The zero-order valence-corrected chi connectivity index (χ0v) is 50.5. The molecule has 0 heterocycles. The van der Waals surface area contributed by atoms with Crippen LogP contribution >= 0.6 is 0 Å². The highest BCUT2D eigenvalue weighted by molar-refractivity contribution is 5.76. The first kappa shape index (κ1) is 72.1. The second-order valence-corrected chi connectivity index (χ2v) is 24.0. The molecule has 0 aromatic carbocycles. The van der Waals surface area contributed by atoms with E-state index in [0.717, 1.165) is 25.7 Å². The van der Waals surface area contributed by atoms with E-state index in [1.165, 1.54) is 360 Å². The average Bonchev–Trinajstić information content (AvgIpc) is 3.40. The average molecular weight is 1030 g/mol. The van der Waals surface area contributed by atoms with Gasteiger partial charge in [0.2, 0.25) is 5.91 Å². The highest BCUT2D eigenvalue weighted by atomic mass is 16.3. The zero-order chi connectivity index (χ0) is 52.7. The van der Waals surface area contributed by atoms with Gasteiger partial charge in [0, 0.05) is 6.42 Å². The minimum absolute atomic E-state index is 0.0539. The van der Waals surface area contributed by atoms with Crippen LogP contribution in [0.1, 0.15) is 406 Å². The van der Waals surface area contributed by atoms with Crippen molar-refractivity contribution >= 4 is 5.91 Å². The molecule has 1 amide bonds. The van der Waals surface area contributed by atoms with Crippen molar-refractivity contribution < 1.29 is 15.0 Å². The van der Waals surface area contributed by atoms with Gasteiger partial charge in [0.15, 0.2) is 0 Å². The van der Waals surface area contributed by atoms with Crippen LogP contribution in [0.3, 0.4) is 0 Å². The molecule has 2 unspecified atom stereocenters. The Morgan fingerprint density at radius 3 is 0.712 bits per heavy atom. The number of hydrogen-bond acceptors (Lipinski definition) is 3. The number of amides is 1. The summed E-state index contributed by atoms with van der Waals surface area (Å²) in [6.07, 6.45) is 87.4. The van der Waals surface area contributed by atoms with Gasteiger partial charge in [0.05, 0.1) is 18.8 Å². The fraction of sp³-hybridized carbons (Fsp3) is 0.957. The van der Waals surface area contributed by atoms with Crippen molar-refractivity contribution in [1.29, 1.82) is 0 Å². The molecule has 0 aliphatic rings. The Kier molecular flexibility index (Phi) is 64.6. The van der Waals surface area contributed by atoms with E-state index in [0.29, 0.717) is 6.42 Å². The lowest BCUT2D eigenvalue weighted by atomic mass is 10.0. The number of nitrogens with one attached hydrogen (secondary N) is 1. The first-order valence-corrected chi connectivity index (χ1v) is 34.4. The highest BCUT2D eigenvalue weighted by Gasteiger charge is 2.18. The maximum absolute atomic E-state index is 12.5. The number of carbonyl (C=O) groups is 1. The van der Waals surface area contributed by atoms with Crippen LogP contribution in [0, 0.1) is 0 Å². The fourth-order valence-electron chi connectivity index (χ4n) is 11.3. The summed E-state index contributed by atoms with van der Waals surface area (Å²) in [5.41, 5.74) is 0. The van der Waals surface area contributed by atoms with E-state index in [1.54, 1.807) is 6.08 Å². The minimum atomic E-state index is -0.836. The SMILES string of the molecule is CCCCCCCCCCCCCCCCCCCC/C=C/C(O)C(CO)NC(=O)CCCCCCCCCCCCCCCCCCCCCCCCCCCCCCCCCCCCCCCCCCC. The van der Waals surface area contributed by atoms with E-state index in [4.69, 9.17) is 0 Å². The number of aliphatic hydroxyl groups is 2. The lowest BCUT2D eigenvalue weighted by Crippen LogP contribution is -2.45. The predicted octanol–water partition coefficient (Wildman–Crippen LogP) is 23.2. The van der Waals surface area contributed by atoms with E-state index < -0.39 is 12.1 Å². The molecular weight excluding hydrogens is 891 g/mol. The Labute approximate surface area is 460 Å². The van der Waals surface area contributed by atoms with Crippen LogP contribution in [0.2, 0.25) is 0 Å². The van der Waals surface area contributed by atoms with Crippen molar-refractivity contribution in [3.63, 3.8) is 0 Å². The molecule has 0 bridgehead atoms. The summed E-state index contributed by atoms with van der Waals surface area (Å²) in [5.74, 6) is -0.0539. The normalized spacial score (nSPS) is 12.7. The van der Waals surface area contributed by atoms with Crippen LogP contribution in [-0.2, 0) is 4.79 Å². The highest BCUT2D eigenvalue weighted by Crippen LogP contribution is 2.20. The Hall–Kier alpha value is -0.870. The molecular formula is C69H137NO3. The number of unbranched alkanes of at least 4 members (excludes halogenated alkanes) is 58. The van der Waals surface area contributed by atoms with Crippen LogP contribution in [0.15, 0.2) is 12.2 Å². The molecule has 0 aromatic heterocycles. The van der Waals surface area contributed by atoms with E-state index >= 15 is 0 Å². The van der Waals surface area contributed by atoms with Gasteiger partial charge in [-0.1, -0.05) is 392 Å². The van der Waals surface area contributed by atoms with E-state index in [2.05, 4.69) is 19.2 Å². The van der Waals surface area contributed by atoms with Crippen LogP contribution in [0.25, 0.3) is 0 Å². The molecule has 4 heteroatoms. The van der Waals surface area contributed by atoms with Crippen LogP contribution in [0.4, 0.5) is 0 Å². The molecule has 436 valence electrons. The van der Waals surface area contributed by atoms with E-state index in [9.17, 15) is 15.0 Å². The van der Waals surface area contributed by atoms with Crippen molar-refractivity contribution in [3.05, 3.63) is 12.2 Å². The summed E-state index contributed by atoms with van der Waals surface area (Å²) in [6, 6.07) is -0.619. The fourth-order valence-corrected chi connectivity index (χ4v) is 11.3. The molecule has 0 aromatic rings. The number of allylic oxidation sites excluding steroid dienone is 1. The summed E-state index contributed by atoms with van der Waals surface area (Å²) in [5, 5.41) is 23.2. The molecule has 73 heavy (non-hydrogen) atoms. The molecule has 0 fully saturated rings. The van der Waals surface area contributed by atoms with Gasteiger partial charge in [-0.2, -0.15) is 0 Å². The molecule has 0 aliphatic carbocycles. The summed E-state index contributed by atoms with van der Waals surface area (Å²) in [7, 11) is 0. The zero-order valence-electron chi connectivity index (χ0n) is 50.5. The van der Waals surface area contributed by atoms with Crippen molar-refractivity contribution in [2.75, 3.05) is 6.61 Å². The molecule has 0 saturated carbocycles. The molecule has 0 saturated heterocycles. The maximum Gasteiger partial charge on any atom is 0.220 e. The first-order valence-electron chi connectivity index (χ1n) is 34.4. The van der Waals surface area contributed by atoms with Gasteiger partial charge < -0.3 is 15.5 Å². The van der Waals surface area contributed by atoms with Crippen molar-refractivity contribution in [3.8, 4) is 0 Å². The van der Waals surface area contributed by atoms with Gasteiger partial charge >= 0.3 is 0 Å². The largest absolute Gasteiger partial charge is 0.394 e. The second kappa shape index (κ2) is 65.4. The third kappa shape index (κ3) is 61.9. The maximum atomic E-state index is 12.5. The van der Waals surface area contributed by atoms with Gasteiger partial charge in [0.25, 0.3) is 0 Å². The molecule has 0 rings (SSSR count). The minimum Gasteiger partial charge on any atom is -0.394 e. The molecule has 0 radical (unpaired) electrons. The topological polar surface area (TPSA) is 69.6 Å². The Morgan fingerprint density at radius 1 is 0.315 bits per heavy atom. The number of carbonyl (C=O) groups excluding carboxylic acids is 1. The lowest BCUT2D eigenvalue weighted by Gasteiger charge is -2.20. The summed E-state index contributed by atoms with van der Waals surface area (Å²) < 4.78 is 0. The van der Waals surface area contributed by atoms with Gasteiger partial charge in [-0.15, -0.1) is 0 Å². The molecule has 4 nitrogen and oxygen atoms in total. The molecule has 0 aliphatic heterocycles. The van der Waals surface area contributed by atoms with Crippen molar-refractivity contribution in [1.82, 2.24) is 5.32 Å². The molecule has 0 spiro atoms. The predicted molar refractivity (Wildman–Crippen MR) is 327 cm³/mol. The quantitative estimate of drug-likeness (QED) is 0.0420. The molecule has 2 atom stereocenters. The van der Waals surface area contributed by atoms with E-state index in [-0.39, 0.29) is 12.5 Å². The second-order valence-electron chi connectivity index (χ2n) is 24.0. The van der Waals surface area contributed by atoms with Crippen LogP contribution in [-0.4, -0.2) is 34.9 Å². The van der Waals surface area contributed by atoms with E-state index in [1.807, 2.05) is 6.08 Å². The lowest BCUT2D eigenvalue weighted by molar-refractivity contribution is -0.123. The summed E-state index contributed by atoms with van der Waals surface area (Å²) >= 11 is 0. The van der Waals surface area contributed by atoms with Gasteiger partial charge in [-0.25, -0.2) is 0 Å². The number of aliphatic hydroxyl groups excluding tert-OH is 2. The van der Waals surface area contributed by atoms with Gasteiger partial charge in [-0.05, 0) is 19.3 Å². The standard InChI is InChI=1S/C69H137NO3/c1-3-5-7-9-11-13-15-17-19-21-23-25-26-27-28-29-30-31-32-33-34-35-36-37-38-39-40-41-42-43-44-45-47-49-51-53-55-57-59-61-63-65-69(73)70-67(66-71)68(72)64-62-60-58-56-54-52-50-48-46-24-22-20-18-16-14-12-10-8-6-4-2/h62,64,67-68,71-72H,3-61,63,65-66H2,1-2H3,(H,70,73)/b64-62+. The van der Waals surface area contributed by atoms with Crippen molar-refractivity contribution in [2.24, 2.45) is 0 Å².